The molecule has 4 nitrogen and oxygen atoms in total. The Bertz CT molecular complexity index is 225. The lowest BCUT2D eigenvalue weighted by Gasteiger charge is -2.37. The third kappa shape index (κ3) is 4.01. The van der Waals surface area contributed by atoms with E-state index in [1.807, 2.05) is 6.92 Å². The number of rotatable bonds is 6. The van der Waals surface area contributed by atoms with Gasteiger partial charge in [0.15, 0.2) is 0 Å². The Morgan fingerprint density at radius 1 is 1.60 bits per heavy atom. The lowest BCUT2D eigenvalue weighted by atomic mass is 9.86. The second-order valence-electron chi connectivity index (χ2n) is 3.99. The maximum Gasteiger partial charge on any atom is 0.219 e. The number of carbonyl (C=O) groups excluding carboxylic acids is 1. The maximum atomic E-state index is 11.1. The maximum absolute atomic E-state index is 11.1. The molecule has 1 aliphatic carbocycles. The summed E-state index contributed by atoms with van der Waals surface area (Å²) >= 11 is 0. The van der Waals surface area contributed by atoms with Gasteiger partial charge in [0, 0.05) is 24.9 Å². The zero-order valence-corrected chi connectivity index (χ0v) is 9.20. The molecule has 0 aromatic carbocycles. The van der Waals surface area contributed by atoms with Crippen molar-refractivity contribution >= 4 is 5.91 Å². The van der Waals surface area contributed by atoms with Gasteiger partial charge in [-0.3, -0.25) is 10.1 Å². The summed E-state index contributed by atoms with van der Waals surface area (Å²) in [5.41, 5.74) is 0. The smallest absolute Gasteiger partial charge is 0.219 e. The Morgan fingerprint density at radius 2 is 2.27 bits per heavy atom. The molecule has 1 rings (SSSR count). The highest BCUT2D eigenvalue weighted by Gasteiger charge is 2.30. The molecule has 1 unspecified atom stereocenters. The van der Waals surface area contributed by atoms with Crippen LogP contribution in [-0.2, 0) is 4.79 Å². The van der Waals surface area contributed by atoms with Gasteiger partial charge in [0.1, 0.15) is 6.23 Å². The molecule has 0 aliphatic heterocycles. The van der Waals surface area contributed by atoms with Crippen molar-refractivity contribution < 1.29 is 9.90 Å². The Balaban J connectivity index is 2.09. The highest BCUT2D eigenvalue weighted by atomic mass is 16.3. The van der Waals surface area contributed by atoms with E-state index in [-0.39, 0.29) is 11.9 Å². The molecule has 4 heteroatoms. The number of nitrogens with one attached hydrogen (secondary N) is 2. The van der Waals surface area contributed by atoms with Gasteiger partial charge in [0.05, 0.1) is 0 Å². The molecule has 0 spiro atoms. The summed E-state index contributed by atoms with van der Waals surface area (Å²) in [6.45, 7) is 5.40. The Kier molecular flexibility index (Phi) is 4.78. The minimum absolute atomic E-state index is 0.102. The van der Waals surface area contributed by atoms with E-state index in [1.54, 1.807) is 6.08 Å². The van der Waals surface area contributed by atoms with Gasteiger partial charge in [-0.1, -0.05) is 13.0 Å². The molecular formula is C11H20N2O2. The predicted molar refractivity (Wildman–Crippen MR) is 59.2 cm³/mol. The van der Waals surface area contributed by atoms with Crippen molar-refractivity contribution in [2.45, 2.75) is 50.9 Å². The van der Waals surface area contributed by atoms with Gasteiger partial charge in [0.25, 0.3) is 0 Å². The molecule has 1 aliphatic rings. The molecule has 86 valence electrons. The molecule has 3 N–H and O–H groups in total. The number of hydrogen-bond acceptors (Lipinski definition) is 3. The van der Waals surface area contributed by atoms with Crippen LogP contribution in [0, 0.1) is 0 Å². The van der Waals surface area contributed by atoms with Gasteiger partial charge < -0.3 is 10.4 Å². The highest BCUT2D eigenvalue weighted by molar-refractivity contribution is 5.75. The average molecular weight is 212 g/mol. The van der Waals surface area contributed by atoms with Crippen LogP contribution in [0.2, 0.25) is 0 Å². The van der Waals surface area contributed by atoms with Gasteiger partial charge in [-0.25, -0.2) is 0 Å². The van der Waals surface area contributed by atoms with Crippen molar-refractivity contribution in [2.75, 3.05) is 0 Å². The normalized spacial score (nSPS) is 26.5. The van der Waals surface area contributed by atoms with Crippen molar-refractivity contribution in [3.8, 4) is 0 Å². The molecule has 1 atom stereocenters. The first kappa shape index (κ1) is 12.2. The van der Waals surface area contributed by atoms with Crippen molar-refractivity contribution in [3.05, 3.63) is 12.7 Å². The molecule has 0 aromatic heterocycles. The van der Waals surface area contributed by atoms with E-state index in [0.717, 1.165) is 12.8 Å². The summed E-state index contributed by atoms with van der Waals surface area (Å²) in [5, 5.41) is 15.4. The van der Waals surface area contributed by atoms with E-state index in [9.17, 15) is 9.90 Å². The number of carbonyl (C=O) groups is 1. The van der Waals surface area contributed by atoms with Crippen molar-refractivity contribution in [3.63, 3.8) is 0 Å². The van der Waals surface area contributed by atoms with Gasteiger partial charge in [-0.2, -0.15) is 0 Å². The number of hydrogen-bond donors (Lipinski definition) is 3. The van der Waals surface area contributed by atoms with Crippen LogP contribution in [0.25, 0.3) is 0 Å². The molecule has 0 radical (unpaired) electrons. The summed E-state index contributed by atoms with van der Waals surface area (Å²) < 4.78 is 0. The first-order valence-corrected chi connectivity index (χ1v) is 5.50. The van der Waals surface area contributed by atoms with Gasteiger partial charge in [0.2, 0.25) is 5.91 Å². The second kappa shape index (κ2) is 5.88. The average Bonchev–Trinajstić information content (AvgIpc) is 2.14. The summed E-state index contributed by atoms with van der Waals surface area (Å²) in [7, 11) is 0. The SMILES string of the molecule is C=CCC(O)NC1CC(NC(=O)CC)C1. The van der Waals surface area contributed by atoms with E-state index in [2.05, 4.69) is 17.2 Å². The molecular weight excluding hydrogens is 192 g/mol. The van der Waals surface area contributed by atoms with Gasteiger partial charge >= 0.3 is 0 Å². The van der Waals surface area contributed by atoms with Gasteiger partial charge in [-0.15, -0.1) is 6.58 Å². The van der Waals surface area contributed by atoms with Crippen molar-refractivity contribution in [2.24, 2.45) is 0 Å². The quantitative estimate of drug-likeness (QED) is 0.444. The summed E-state index contributed by atoms with van der Waals surface area (Å²) in [6, 6.07) is 0.605. The minimum atomic E-state index is -0.504. The summed E-state index contributed by atoms with van der Waals surface area (Å²) in [4.78, 5) is 11.1. The lowest BCUT2D eigenvalue weighted by molar-refractivity contribution is -0.122. The van der Waals surface area contributed by atoms with Crippen LogP contribution in [0.1, 0.15) is 32.6 Å². The van der Waals surface area contributed by atoms with E-state index in [1.165, 1.54) is 0 Å². The zero-order valence-electron chi connectivity index (χ0n) is 9.20. The zero-order chi connectivity index (χ0) is 11.3. The summed E-state index contributed by atoms with van der Waals surface area (Å²) in [5.74, 6) is 0.102. The molecule has 1 saturated carbocycles. The van der Waals surface area contributed by atoms with Crippen LogP contribution in [0.4, 0.5) is 0 Å². The Morgan fingerprint density at radius 3 is 2.80 bits per heavy atom. The van der Waals surface area contributed by atoms with Crippen LogP contribution in [0.15, 0.2) is 12.7 Å². The number of aliphatic hydroxyl groups excluding tert-OH is 1. The van der Waals surface area contributed by atoms with E-state index in [4.69, 9.17) is 0 Å². The largest absolute Gasteiger partial charge is 0.378 e. The van der Waals surface area contributed by atoms with Crippen molar-refractivity contribution in [1.82, 2.24) is 10.6 Å². The monoisotopic (exact) mass is 212 g/mol. The first-order chi connectivity index (χ1) is 7.15. The molecule has 1 amide bonds. The molecule has 1 fully saturated rings. The molecule has 0 aromatic rings. The van der Waals surface area contributed by atoms with E-state index in [0.29, 0.717) is 18.9 Å². The van der Waals surface area contributed by atoms with Crippen LogP contribution in [-0.4, -0.2) is 29.3 Å². The Hall–Kier alpha value is -0.870. The predicted octanol–water partition coefficient (Wildman–Crippen LogP) is 0.528. The Labute approximate surface area is 90.7 Å². The lowest BCUT2D eigenvalue weighted by Crippen LogP contribution is -2.54. The first-order valence-electron chi connectivity index (χ1n) is 5.50. The third-order valence-electron chi connectivity index (χ3n) is 2.64. The number of amides is 1. The highest BCUT2D eigenvalue weighted by Crippen LogP contribution is 2.20. The molecule has 15 heavy (non-hydrogen) atoms. The molecule has 0 bridgehead atoms. The standard InChI is InChI=1S/C11H20N2O2/c1-3-5-11(15)13-9-6-8(7-9)12-10(14)4-2/h3,8-9,11,13,15H,1,4-7H2,2H3,(H,12,14). The van der Waals surface area contributed by atoms with Crippen LogP contribution in [0.5, 0.6) is 0 Å². The third-order valence-corrected chi connectivity index (χ3v) is 2.64. The second-order valence-corrected chi connectivity index (χ2v) is 3.99. The minimum Gasteiger partial charge on any atom is -0.378 e. The molecule has 0 heterocycles. The fourth-order valence-corrected chi connectivity index (χ4v) is 1.70. The fourth-order valence-electron chi connectivity index (χ4n) is 1.70. The van der Waals surface area contributed by atoms with Crippen LogP contribution < -0.4 is 10.6 Å². The van der Waals surface area contributed by atoms with Crippen molar-refractivity contribution in [1.29, 1.82) is 0 Å². The van der Waals surface area contributed by atoms with E-state index >= 15 is 0 Å². The number of aliphatic hydroxyl groups is 1. The fraction of sp³-hybridized carbons (Fsp3) is 0.727. The molecule has 0 saturated heterocycles. The van der Waals surface area contributed by atoms with Crippen LogP contribution >= 0.6 is 0 Å². The topological polar surface area (TPSA) is 61.4 Å². The summed E-state index contributed by atoms with van der Waals surface area (Å²) in [6.07, 6.45) is 4.08. The van der Waals surface area contributed by atoms with Gasteiger partial charge in [-0.05, 0) is 12.8 Å². The van der Waals surface area contributed by atoms with Crippen LogP contribution in [0.3, 0.4) is 0 Å². The van der Waals surface area contributed by atoms with E-state index < -0.39 is 6.23 Å².